The number of ether oxygens (including phenoxy) is 1. The van der Waals surface area contributed by atoms with Crippen molar-refractivity contribution in [3.05, 3.63) is 88.3 Å². The molecule has 0 bridgehead atoms. The van der Waals surface area contributed by atoms with Crippen LogP contribution in [0.15, 0.2) is 77.1 Å². The summed E-state index contributed by atoms with van der Waals surface area (Å²) in [7, 11) is 3.98. The quantitative estimate of drug-likeness (QED) is 0.653. The molecule has 0 unspecified atom stereocenters. The molecule has 0 saturated heterocycles. The number of rotatable bonds is 5. The summed E-state index contributed by atoms with van der Waals surface area (Å²) < 4.78 is 5.60. The van der Waals surface area contributed by atoms with E-state index < -0.39 is 5.92 Å². The molecule has 1 heterocycles. The maximum absolute atomic E-state index is 13.6. The minimum Gasteiger partial charge on any atom is -0.460 e. The van der Waals surface area contributed by atoms with E-state index in [2.05, 4.69) is 17.4 Å². The molecule has 1 aliphatic carbocycles. The highest BCUT2D eigenvalue weighted by Gasteiger charge is 2.41. The van der Waals surface area contributed by atoms with Crippen molar-refractivity contribution in [1.82, 2.24) is 5.32 Å². The first-order valence-corrected chi connectivity index (χ1v) is 11.5. The topological polar surface area (TPSA) is 58.6 Å². The SMILES string of the molecule is CC1=C(C(=O)OC(C)C)[C@@H](c2ccc(N(C)C)cc2)C2=C(C[C@H](c3ccccc3)CC2=O)N1. The Morgan fingerprint density at radius 1 is 1.00 bits per heavy atom. The Balaban J connectivity index is 1.79. The molecule has 2 aliphatic rings. The molecular weight excluding hydrogens is 412 g/mol. The Morgan fingerprint density at radius 2 is 1.67 bits per heavy atom. The molecule has 33 heavy (non-hydrogen) atoms. The number of ketones is 1. The molecule has 4 rings (SSSR count). The molecule has 1 N–H and O–H groups in total. The average molecular weight is 445 g/mol. The van der Waals surface area contributed by atoms with Crippen molar-refractivity contribution in [3.8, 4) is 0 Å². The molecule has 0 spiro atoms. The van der Waals surface area contributed by atoms with Crippen molar-refractivity contribution in [1.29, 1.82) is 0 Å². The van der Waals surface area contributed by atoms with Crippen LogP contribution in [0.3, 0.4) is 0 Å². The lowest BCUT2D eigenvalue weighted by Gasteiger charge is -2.37. The van der Waals surface area contributed by atoms with E-state index in [0.29, 0.717) is 17.6 Å². The van der Waals surface area contributed by atoms with Crippen LogP contribution in [0.4, 0.5) is 5.69 Å². The Kier molecular flexibility index (Phi) is 6.41. The number of allylic oxidation sites excluding steroid dienone is 3. The first-order valence-electron chi connectivity index (χ1n) is 11.5. The smallest absolute Gasteiger partial charge is 0.337 e. The summed E-state index contributed by atoms with van der Waals surface area (Å²) in [6.45, 7) is 5.58. The van der Waals surface area contributed by atoms with Gasteiger partial charge in [0.25, 0.3) is 0 Å². The van der Waals surface area contributed by atoms with Gasteiger partial charge in [-0.3, -0.25) is 4.79 Å². The van der Waals surface area contributed by atoms with Crippen LogP contribution < -0.4 is 10.2 Å². The van der Waals surface area contributed by atoms with Crippen LogP contribution in [0.1, 0.15) is 56.6 Å². The van der Waals surface area contributed by atoms with Crippen LogP contribution >= 0.6 is 0 Å². The summed E-state index contributed by atoms with van der Waals surface area (Å²) in [5.41, 5.74) is 6.04. The van der Waals surface area contributed by atoms with E-state index in [1.54, 1.807) is 0 Å². The maximum Gasteiger partial charge on any atom is 0.337 e. The molecule has 0 aromatic heterocycles. The number of benzene rings is 2. The molecule has 2 aromatic rings. The van der Waals surface area contributed by atoms with Crippen LogP contribution in [-0.4, -0.2) is 32.0 Å². The van der Waals surface area contributed by atoms with E-state index >= 15 is 0 Å². The van der Waals surface area contributed by atoms with Gasteiger partial charge in [0.1, 0.15) is 0 Å². The molecule has 2 aromatic carbocycles. The third kappa shape index (κ3) is 4.58. The number of hydrogen-bond acceptors (Lipinski definition) is 5. The predicted octanol–water partition coefficient (Wildman–Crippen LogP) is 5.07. The summed E-state index contributed by atoms with van der Waals surface area (Å²) in [4.78, 5) is 28.8. The van der Waals surface area contributed by atoms with E-state index in [1.807, 2.05) is 82.2 Å². The van der Waals surface area contributed by atoms with Gasteiger partial charge in [0.05, 0.1) is 11.7 Å². The molecule has 0 saturated carbocycles. The number of nitrogens with one attached hydrogen (secondary N) is 1. The molecule has 0 amide bonds. The van der Waals surface area contributed by atoms with Gasteiger partial charge in [-0.15, -0.1) is 0 Å². The van der Waals surface area contributed by atoms with Crippen molar-refractivity contribution < 1.29 is 14.3 Å². The fraction of sp³-hybridized carbons (Fsp3) is 0.357. The summed E-state index contributed by atoms with van der Waals surface area (Å²) in [5.74, 6) is -0.602. The number of anilines is 1. The van der Waals surface area contributed by atoms with Crippen molar-refractivity contribution >= 4 is 17.4 Å². The number of carbonyl (C=O) groups excluding carboxylic acids is 2. The van der Waals surface area contributed by atoms with Gasteiger partial charge in [0, 0.05) is 49.1 Å². The third-order valence-corrected chi connectivity index (χ3v) is 6.40. The lowest BCUT2D eigenvalue weighted by molar-refractivity contribution is -0.143. The van der Waals surface area contributed by atoms with E-state index in [9.17, 15) is 9.59 Å². The van der Waals surface area contributed by atoms with Gasteiger partial charge in [-0.05, 0) is 56.4 Å². The lowest BCUT2D eigenvalue weighted by Crippen LogP contribution is -2.36. The second-order valence-electron chi connectivity index (χ2n) is 9.37. The first-order chi connectivity index (χ1) is 15.8. The Morgan fingerprint density at radius 3 is 2.27 bits per heavy atom. The first kappa shape index (κ1) is 22.8. The Bertz CT molecular complexity index is 1110. The highest BCUT2D eigenvalue weighted by Crippen LogP contribution is 2.46. The number of dihydropyridines is 1. The lowest BCUT2D eigenvalue weighted by atomic mass is 9.71. The average Bonchev–Trinajstić information content (AvgIpc) is 2.78. The molecule has 5 nitrogen and oxygen atoms in total. The second kappa shape index (κ2) is 9.26. The molecule has 0 radical (unpaired) electrons. The van der Waals surface area contributed by atoms with E-state index in [4.69, 9.17) is 4.74 Å². The van der Waals surface area contributed by atoms with Crippen LogP contribution in [0.2, 0.25) is 0 Å². The van der Waals surface area contributed by atoms with E-state index in [1.165, 1.54) is 0 Å². The summed E-state index contributed by atoms with van der Waals surface area (Å²) in [6, 6.07) is 18.3. The highest BCUT2D eigenvalue weighted by atomic mass is 16.5. The van der Waals surface area contributed by atoms with Crippen molar-refractivity contribution in [2.24, 2.45) is 0 Å². The predicted molar refractivity (Wildman–Crippen MR) is 131 cm³/mol. The van der Waals surface area contributed by atoms with Crippen LogP contribution in [-0.2, 0) is 14.3 Å². The fourth-order valence-electron chi connectivity index (χ4n) is 4.85. The van der Waals surface area contributed by atoms with Crippen molar-refractivity contribution in [3.63, 3.8) is 0 Å². The zero-order valence-corrected chi connectivity index (χ0v) is 20.0. The summed E-state index contributed by atoms with van der Waals surface area (Å²) in [5, 5.41) is 3.41. The molecule has 172 valence electrons. The van der Waals surface area contributed by atoms with Crippen LogP contribution in [0, 0.1) is 0 Å². The number of carbonyl (C=O) groups is 2. The number of nitrogens with zero attached hydrogens (tertiary/aromatic N) is 1. The van der Waals surface area contributed by atoms with Gasteiger partial charge >= 0.3 is 5.97 Å². The largest absolute Gasteiger partial charge is 0.460 e. The van der Waals surface area contributed by atoms with Gasteiger partial charge in [0.2, 0.25) is 0 Å². The minimum absolute atomic E-state index is 0.0848. The minimum atomic E-state index is -0.437. The standard InChI is InChI=1S/C28H32N2O3/c1-17(2)33-28(32)25-18(3)29-23-15-21(19-9-7-6-8-10-19)16-24(31)27(23)26(25)20-11-13-22(14-12-20)30(4)5/h6-14,17,21,26,29H,15-16H2,1-5H3/t21-,26+/m0/s1. The van der Waals surface area contributed by atoms with E-state index in [0.717, 1.165) is 34.6 Å². The van der Waals surface area contributed by atoms with Crippen LogP contribution in [0.25, 0.3) is 0 Å². The van der Waals surface area contributed by atoms with E-state index in [-0.39, 0.29) is 23.8 Å². The van der Waals surface area contributed by atoms with Gasteiger partial charge < -0.3 is 15.0 Å². The summed E-state index contributed by atoms with van der Waals surface area (Å²) in [6.07, 6.45) is 0.929. The fourth-order valence-corrected chi connectivity index (χ4v) is 4.85. The number of Topliss-reactive ketones (excluding diaryl/α,β-unsaturated/α-hetero) is 1. The third-order valence-electron chi connectivity index (χ3n) is 6.40. The molecule has 0 fully saturated rings. The van der Waals surface area contributed by atoms with Crippen LogP contribution in [0.5, 0.6) is 0 Å². The maximum atomic E-state index is 13.6. The van der Waals surface area contributed by atoms with Gasteiger partial charge in [-0.2, -0.15) is 0 Å². The zero-order chi connectivity index (χ0) is 23.7. The molecule has 2 atom stereocenters. The molecule has 5 heteroatoms. The Hall–Kier alpha value is -3.34. The van der Waals surface area contributed by atoms with Gasteiger partial charge in [-0.25, -0.2) is 4.79 Å². The van der Waals surface area contributed by atoms with Crippen molar-refractivity contribution in [2.75, 3.05) is 19.0 Å². The highest BCUT2D eigenvalue weighted by molar-refractivity contribution is 6.04. The normalized spacial score (nSPS) is 20.5. The molecular formula is C28H32N2O3. The van der Waals surface area contributed by atoms with Gasteiger partial charge in [-0.1, -0.05) is 42.5 Å². The molecule has 1 aliphatic heterocycles. The number of esters is 1. The Labute approximate surface area is 196 Å². The monoisotopic (exact) mass is 444 g/mol. The van der Waals surface area contributed by atoms with Crippen molar-refractivity contribution in [2.45, 2.75) is 51.6 Å². The zero-order valence-electron chi connectivity index (χ0n) is 20.0. The number of hydrogen-bond donors (Lipinski definition) is 1. The second-order valence-corrected chi connectivity index (χ2v) is 9.37. The van der Waals surface area contributed by atoms with Gasteiger partial charge in [0.15, 0.2) is 5.78 Å². The summed E-state index contributed by atoms with van der Waals surface area (Å²) >= 11 is 0.